The number of ether oxygens (including phenoxy) is 2. The van der Waals surface area contributed by atoms with E-state index in [2.05, 4.69) is 10.4 Å². The molecule has 21 heavy (non-hydrogen) atoms. The van der Waals surface area contributed by atoms with Crippen molar-refractivity contribution in [3.63, 3.8) is 0 Å². The van der Waals surface area contributed by atoms with Crippen LogP contribution in [0.3, 0.4) is 0 Å². The van der Waals surface area contributed by atoms with Crippen LogP contribution < -0.4 is 11.3 Å². The smallest absolute Gasteiger partial charge is 0.254 e. The van der Waals surface area contributed by atoms with Crippen molar-refractivity contribution in [1.82, 2.24) is 9.88 Å². The highest BCUT2D eigenvalue weighted by atomic mass is 16.5. The van der Waals surface area contributed by atoms with Gasteiger partial charge in [0.05, 0.1) is 6.61 Å². The number of nitrogens with zero attached hydrogens (tertiary/aromatic N) is 2. The molecule has 0 radical (unpaired) electrons. The summed E-state index contributed by atoms with van der Waals surface area (Å²) in [6.45, 7) is 4.07. The van der Waals surface area contributed by atoms with Crippen LogP contribution in [-0.2, 0) is 9.47 Å². The fourth-order valence-electron chi connectivity index (χ4n) is 1.96. The number of carbonyl (C=O) groups excluding carboxylic acids is 1. The second kappa shape index (κ2) is 9.28. The average Bonchev–Trinajstić information content (AvgIpc) is 2.49. The van der Waals surface area contributed by atoms with E-state index in [1.54, 1.807) is 31.3 Å². The third-order valence-electron chi connectivity index (χ3n) is 2.98. The Labute approximate surface area is 125 Å². The van der Waals surface area contributed by atoms with Crippen LogP contribution in [0.2, 0.25) is 0 Å². The Bertz CT molecular complexity index is 454. The third-order valence-corrected chi connectivity index (χ3v) is 2.98. The van der Waals surface area contributed by atoms with Crippen molar-refractivity contribution in [1.29, 1.82) is 0 Å². The molecule has 0 aromatic carbocycles. The zero-order valence-electron chi connectivity index (χ0n) is 12.9. The SMILES string of the molecule is COCCCN(CCOC)C(=O)c1cc(C)nc(NN)c1. The van der Waals surface area contributed by atoms with Gasteiger partial charge < -0.3 is 19.8 Å². The molecule has 0 fully saturated rings. The lowest BCUT2D eigenvalue weighted by Crippen LogP contribution is -2.35. The number of hydrazine groups is 1. The van der Waals surface area contributed by atoms with Crippen molar-refractivity contribution in [2.75, 3.05) is 45.9 Å². The zero-order valence-corrected chi connectivity index (χ0v) is 12.9. The fraction of sp³-hybridized carbons (Fsp3) is 0.571. The van der Waals surface area contributed by atoms with Crippen LogP contribution in [0, 0.1) is 6.92 Å². The van der Waals surface area contributed by atoms with Crippen LogP contribution in [0.25, 0.3) is 0 Å². The second-order valence-corrected chi connectivity index (χ2v) is 4.66. The maximum absolute atomic E-state index is 12.6. The van der Waals surface area contributed by atoms with Crippen LogP contribution >= 0.6 is 0 Å². The number of rotatable bonds is 9. The van der Waals surface area contributed by atoms with Crippen molar-refractivity contribution in [2.45, 2.75) is 13.3 Å². The minimum atomic E-state index is -0.0647. The normalized spacial score (nSPS) is 10.5. The first-order valence-corrected chi connectivity index (χ1v) is 6.84. The fourth-order valence-corrected chi connectivity index (χ4v) is 1.96. The number of amides is 1. The molecule has 0 aliphatic heterocycles. The molecule has 7 nitrogen and oxygen atoms in total. The van der Waals surface area contributed by atoms with Gasteiger partial charge in [0.1, 0.15) is 5.82 Å². The molecule has 1 aromatic heterocycles. The summed E-state index contributed by atoms with van der Waals surface area (Å²) in [5, 5.41) is 0. The van der Waals surface area contributed by atoms with Gasteiger partial charge in [-0.25, -0.2) is 10.8 Å². The van der Waals surface area contributed by atoms with Gasteiger partial charge in [-0.3, -0.25) is 4.79 Å². The van der Waals surface area contributed by atoms with Crippen molar-refractivity contribution < 1.29 is 14.3 Å². The number of aromatic nitrogens is 1. The lowest BCUT2D eigenvalue weighted by atomic mass is 10.2. The summed E-state index contributed by atoms with van der Waals surface area (Å²) in [5.41, 5.74) is 3.76. The van der Waals surface area contributed by atoms with Gasteiger partial charge in [-0.2, -0.15) is 0 Å². The maximum atomic E-state index is 12.6. The topological polar surface area (TPSA) is 89.7 Å². The number of anilines is 1. The highest BCUT2D eigenvalue weighted by Crippen LogP contribution is 2.12. The molecule has 0 bridgehead atoms. The largest absolute Gasteiger partial charge is 0.385 e. The first-order chi connectivity index (χ1) is 10.1. The summed E-state index contributed by atoms with van der Waals surface area (Å²) in [7, 11) is 3.26. The molecular formula is C14H24N4O3. The van der Waals surface area contributed by atoms with Crippen molar-refractivity contribution in [2.24, 2.45) is 5.84 Å². The van der Waals surface area contributed by atoms with Crippen LogP contribution in [0.1, 0.15) is 22.5 Å². The molecule has 0 saturated heterocycles. The van der Waals surface area contributed by atoms with Gasteiger partial charge in [-0.15, -0.1) is 0 Å². The molecule has 0 saturated carbocycles. The predicted octanol–water partition coefficient (Wildman–Crippen LogP) is 0.801. The lowest BCUT2D eigenvalue weighted by Gasteiger charge is -2.22. The summed E-state index contributed by atoms with van der Waals surface area (Å²) in [4.78, 5) is 18.5. The summed E-state index contributed by atoms with van der Waals surface area (Å²) >= 11 is 0. The van der Waals surface area contributed by atoms with Crippen LogP contribution in [0.15, 0.2) is 12.1 Å². The molecule has 0 atom stereocenters. The van der Waals surface area contributed by atoms with Crippen LogP contribution in [0.4, 0.5) is 5.82 Å². The minimum absolute atomic E-state index is 0.0647. The molecular weight excluding hydrogens is 272 g/mol. The van der Waals surface area contributed by atoms with Gasteiger partial charge in [0.2, 0.25) is 0 Å². The number of nitrogens with one attached hydrogen (secondary N) is 1. The van der Waals surface area contributed by atoms with Gasteiger partial charge in [0.25, 0.3) is 5.91 Å². The third kappa shape index (κ3) is 5.66. The monoisotopic (exact) mass is 296 g/mol. The van der Waals surface area contributed by atoms with Gasteiger partial charge in [-0.1, -0.05) is 0 Å². The number of carbonyl (C=O) groups is 1. The lowest BCUT2D eigenvalue weighted by molar-refractivity contribution is 0.0674. The molecule has 1 amide bonds. The Morgan fingerprint density at radius 1 is 1.29 bits per heavy atom. The number of nitrogens with two attached hydrogens (primary N) is 1. The number of hydrogen-bond donors (Lipinski definition) is 2. The number of methoxy groups -OCH3 is 2. The zero-order chi connectivity index (χ0) is 15.7. The van der Waals surface area contributed by atoms with Gasteiger partial charge in [0, 0.05) is 45.2 Å². The Morgan fingerprint density at radius 2 is 2.00 bits per heavy atom. The maximum Gasteiger partial charge on any atom is 0.254 e. The molecule has 0 spiro atoms. The van der Waals surface area contributed by atoms with E-state index >= 15 is 0 Å². The molecule has 1 aromatic rings. The summed E-state index contributed by atoms with van der Waals surface area (Å²) in [6, 6.07) is 3.39. The second-order valence-electron chi connectivity index (χ2n) is 4.66. The molecule has 118 valence electrons. The Balaban J connectivity index is 2.84. The molecule has 1 heterocycles. The first-order valence-electron chi connectivity index (χ1n) is 6.84. The standard InChI is InChI=1S/C14H24N4O3/c1-11-9-12(10-13(16-11)17-15)14(19)18(6-8-21-3)5-4-7-20-2/h9-10H,4-8,15H2,1-3H3,(H,16,17). The minimum Gasteiger partial charge on any atom is -0.385 e. The quantitative estimate of drug-likeness (QED) is 0.398. The van der Waals surface area contributed by atoms with Crippen LogP contribution in [-0.4, -0.2) is 56.3 Å². The number of aryl methyl sites for hydroxylation is 1. The summed E-state index contributed by atoms with van der Waals surface area (Å²) in [5.74, 6) is 5.78. The van der Waals surface area contributed by atoms with Gasteiger partial charge >= 0.3 is 0 Å². The predicted molar refractivity (Wildman–Crippen MR) is 81.1 cm³/mol. The van der Waals surface area contributed by atoms with Crippen molar-refractivity contribution >= 4 is 11.7 Å². The van der Waals surface area contributed by atoms with Crippen molar-refractivity contribution in [3.8, 4) is 0 Å². The Morgan fingerprint density at radius 3 is 2.62 bits per heavy atom. The number of nitrogen functional groups attached to an aromatic ring is 1. The summed E-state index contributed by atoms with van der Waals surface area (Å²) in [6.07, 6.45) is 0.776. The van der Waals surface area contributed by atoms with Crippen molar-refractivity contribution in [3.05, 3.63) is 23.4 Å². The van der Waals surface area contributed by atoms with E-state index in [1.807, 2.05) is 6.92 Å². The average molecular weight is 296 g/mol. The van der Waals surface area contributed by atoms with E-state index in [9.17, 15) is 4.79 Å². The number of pyridine rings is 1. The molecule has 3 N–H and O–H groups in total. The Kier molecular flexibility index (Phi) is 7.66. The van der Waals surface area contributed by atoms with E-state index < -0.39 is 0 Å². The molecule has 0 aliphatic rings. The molecule has 7 heteroatoms. The molecule has 1 rings (SSSR count). The number of hydrogen-bond acceptors (Lipinski definition) is 6. The van der Waals surface area contributed by atoms with Gasteiger partial charge in [0.15, 0.2) is 0 Å². The van der Waals surface area contributed by atoms with E-state index in [4.69, 9.17) is 15.3 Å². The van der Waals surface area contributed by atoms with E-state index in [0.717, 1.165) is 12.1 Å². The molecule has 0 aliphatic carbocycles. The van der Waals surface area contributed by atoms with Gasteiger partial charge in [-0.05, 0) is 25.5 Å². The highest BCUT2D eigenvalue weighted by Gasteiger charge is 2.16. The van der Waals surface area contributed by atoms with E-state index in [0.29, 0.717) is 37.7 Å². The highest BCUT2D eigenvalue weighted by molar-refractivity contribution is 5.95. The Hall–Kier alpha value is -1.70. The van der Waals surface area contributed by atoms with E-state index in [-0.39, 0.29) is 5.91 Å². The van der Waals surface area contributed by atoms with Crippen LogP contribution in [0.5, 0.6) is 0 Å². The first kappa shape index (κ1) is 17.4. The molecule has 0 unspecified atom stereocenters. The summed E-state index contributed by atoms with van der Waals surface area (Å²) < 4.78 is 10.1. The van der Waals surface area contributed by atoms with E-state index in [1.165, 1.54) is 0 Å².